The first-order chi connectivity index (χ1) is 20.2. The van der Waals surface area contributed by atoms with Gasteiger partial charge in [0.1, 0.15) is 5.56 Å². The number of likely N-dealkylation sites (tertiary alicyclic amines) is 1. The molecule has 5 rings (SSSR count). The minimum atomic E-state index is -0.778. The molecule has 1 unspecified atom stereocenters. The van der Waals surface area contributed by atoms with Gasteiger partial charge in [0, 0.05) is 48.6 Å². The van der Waals surface area contributed by atoms with Crippen LogP contribution in [0.3, 0.4) is 0 Å². The molecule has 12 heteroatoms. The Morgan fingerprint density at radius 3 is 2.48 bits per heavy atom. The average Bonchev–Trinajstić information content (AvgIpc) is 3.45. The van der Waals surface area contributed by atoms with Crippen molar-refractivity contribution in [3.8, 4) is 28.3 Å². The number of carbonyl (C=O) groups excluding carboxylic acids is 1. The van der Waals surface area contributed by atoms with E-state index in [1.54, 1.807) is 25.3 Å². The molecule has 10 nitrogen and oxygen atoms in total. The SMILES string of the molecule is COc1nc(-c2cccc(-c3cccc(NC(=O)c4ccnn(C)c4=O)c3Cl)c2Cl)ccc1CN1CCC(C(=O)O)C1. The third-order valence-electron chi connectivity index (χ3n) is 7.21. The molecule has 1 aliphatic rings. The molecular formula is C30H27Cl2N5O5. The van der Waals surface area contributed by atoms with Gasteiger partial charge in [-0.2, -0.15) is 5.10 Å². The Labute approximate surface area is 251 Å². The van der Waals surface area contributed by atoms with Crippen LogP contribution in [0, 0.1) is 5.92 Å². The Morgan fingerprint density at radius 1 is 1.05 bits per heavy atom. The highest BCUT2D eigenvalue weighted by Gasteiger charge is 2.28. The molecule has 216 valence electrons. The molecule has 2 N–H and O–H groups in total. The summed E-state index contributed by atoms with van der Waals surface area (Å²) in [4.78, 5) is 43.3. The van der Waals surface area contributed by atoms with Crippen LogP contribution >= 0.6 is 23.2 Å². The molecule has 1 aliphatic heterocycles. The van der Waals surface area contributed by atoms with Crippen LogP contribution in [-0.4, -0.2) is 56.8 Å². The molecule has 0 aliphatic carbocycles. The number of nitrogens with zero attached hydrogens (tertiary/aromatic N) is 4. The van der Waals surface area contributed by atoms with Gasteiger partial charge in [0.2, 0.25) is 5.88 Å². The van der Waals surface area contributed by atoms with E-state index < -0.39 is 17.4 Å². The van der Waals surface area contributed by atoms with Crippen molar-refractivity contribution >= 4 is 40.8 Å². The number of carbonyl (C=O) groups is 2. The molecule has 1 atom stereocenters. The number of aliphatic carboxylic acids is 1. The summed E-state index contributed by atoms with van der Waals surface area (Å²) in [7, 11) is 3.00. The topological polar surface area (TPSA) is 127 Å². The molecule has 1 fully saturated rings. The summed E-state index contributed by atoms with van der Waals surface area (Å²) in [5.41, 5.74) is 3.00. The predicted molar refractivity (Wildman–Crippen MR) is 160 cm³/mol. The number of amides is 1. The quantitative estimate of drug-likeness (QED) is 0.287. The lowest BCUT2D eigenvalue weighted by molar-refractivity contribution is -0.141. The number of aryl methyl sites for hydroxylation is 1. The van der Waals surface area contributed by atoms with Crippen LogP contribution in [0.4, 0.5) is 5.69 Å². The highest BCUT2D eigenvalue weighted by Crippen LogP contribution is 2.41. The maximum absolute atomic E-state index is 12.8. The number of carboxylic acids is 1. The van der Waals surface area contributed by atoms with E-state index in [2.05, 4.69) is 15.3 Å². The zero-order valence-electron chi connectivity index (χ0n) is 22.8. The van der Waals surface area contributed by atoms with E-state index in [9.17, 15) is 19.5 Å². The summed E-state index contributed by atoms with van der Waals surface area (Å²) in [5, 5.41) is 16.5. The molecule has 1 saturated heterocycles. The summed E-state index contributed by atoms with van der Waals surface area (Å²) < 4.78 is 6.66. The maximum atomic E-state index is 12.8. The lowest BCUT2D eigenvalue weighted by Crippen LogP contribution is -2.28. The molecule has 1 amide bonds. The molecule has 0 radical (unpaired) electrons. The van der Waals surface area contributed by atoms with Crippen LogP contribution in [0.5, 0.6) is 5.88 Å². The molecule has 2 aromatic heterocycles. The first-order valence-electron chi connectivity index (χ1n) is 13.1. The van der Waals surface area contributed by atoms with E-state index >= 15 is 0 Å². The largest absolute Gasteiger partial charge is 0.481 e. The van der Waals surface area contributed by atoms with Crippen molar-refractivity contribution in [2.45, 2.75) is 13.0 Å². The first kappa shape index (κ1) is 29.2. The van der Waals surface area contributed by atoms with Gasteiger partial charge in [0.25, 0.3) is 11.5 Å². The maximum Gasteiger partial charge on any atom is 0.307 e. The number of pyridine rings is 1. The monoisotopic (exact) mass is 607 g/mol. The minimum Gasteiger partial charge on any atom is -0.481 e. The number of carboxylic acid groups (broad SMARTS) is 1. The van der Waals surface area contributed by atoms with Crippen LogP contribution in [0.1, 0.15) is 22.3 Å². The molecule has 42 heavy (non-hydrogen) atoms. The second-order valence-electron chi connectivity index (χ2n) is 9.89. The number of hydrogen-bond acceptors (Lipinski definition) is 7. The second kappa shape index (κ2) is 12.3. The number of aromatic nitrogens is 3. The number of rotatable bonds is 8. The van der Waals surface area contributed by atoms with Gasteiger partial charge in [0.15, 0.2) is 0 Å². The summed E-state index contributed by atoms with van der Waals surface area (Å²) in [6, 6.07) is 15.7. The number of ether oxygens (including phenoxy) is 1. The van der Waals surface area contributed by atoms with Gasteiger partial charge >= 0.3 is 5.97 Å². The van der Waals surface area contributed by atoms with Gasteiger partial charge in [-0.05, 0) is 31.2 Å². The van der Waals surface area contributed by atoms with E-state index in [4.69, 9.17) is 32.9 Å². The molecule has 2 aromatic carbocycles. The van der Waals surface area contributed by atoms with Crippen molar-refractivity contribution < 1.29 is 19.4 Å². The van der Waals surface area contributed by atoms with E-state index in [0.717, 1.165) is 10.2 Å². The first-order valence-corrected chi connectivity index (χ1v) is 13.8. The lowest BCUT2D eigenvalue weighted by Gasteiger charge is -2.18. The van der Waals surface area contributed by atoms with Gasteiger partial charge in [-0.15, -0.1) is 0 Å². The third kappa shape index (κ3) is 5.87. The highest BCUT2D eigenvalue weighted by atomic mass is 35.5. The summed E-state index contributed by atoms with van der Waals surface area (Å²) in [6.07, 6.45) is 1.98. The molecule has 0 spiro atoms. The van der Waals surface area contributed by atoms with Crippen molar-refractivity contribution in [2.24, 2.45) is 13.0 Å². The summed E-state index contributed by atoms with van der Waals surface area (Å²) in [6.45, 7) is 1.69. The molecule has 4 aromatic rings. The van der Waals surface area contributed by atoms with Crippen molar-refractivity contribution in [1.82, 2.24) is 19.7 Å². The Balaban J connectivity index is 1.43. The second-order valence-corrected chi connectivity index (χ2v) is 10.6. The number of hydrogen-bond donors (Lipinski definition) is 2. The summed E-state index contributed by atoms with van der Waals surface area (Å²) >= 11 is 13.7. The van der Waals surface area contributed by atoms with Crippen LogP contribution in [0.2, 0.25) is 10.0 Å². The molecule has 0 bridgehead atoms. The highest BCUT2D eigenvalue weighted by molar-refractivity contribution is 6.39. The fraction of sp³-hybridized carbons (Fsp3) is 0.233. The fourth-order valence-electron chi connectivity index (χ4n) is 4.98. The van der Waals surface area contributed by atoms with E-state index in [0.29, 0.717) is 65.0 Å². The van der Waals surface area contributed by atoms with Gasteiger partial charge in [-0.25, -0.2) is 9.67 Å². The number of anilines is 1. The van der Waals surface area contributed by atoms with Gasteiger partial charge in [-0.3, -0.25) is 19.3 Å². The van der Waals surface area contributed by atoms with Crippen molar-refractivity contribution in [1.29, 1.82) is 0 Å². The number of halogens is 2. The zero-order chi connectivity index (χ0) is 30.0. The zero-order valence-corrected chi connectivity index (χ0v) is 24.3. The Morgan fingerprint density at radius 2 is 1.76 bits per heavy atom. The van der Waals surface area contributed by atoms with Crippen molar-refractivity contribution in [3.05, 3.63) is 92.3 Å². The van der Waals surface area contributed by atoms with Gasteiger partial charge in [0.05, 0.1) is 34.5 Å². The Kier molecular flexibility index (Phi) is 8.58. The van der Waals surface area contributed by atoms with Crippen LogP contribution in [0.15, 0.2) is 65.6 Å². The van der Waals surface area contributed by atoms with Crippen LogP contribution in [-0.2, 0) is 18.4 Å². The Hall–Kier alpha value is -4.25. The Bertz CT molecular complexity index is 1740. The van der Waals surface area contributed by atoms with Gasteiger partial charge in [-0.1, -0.05) is 59.6 Å². The number of methoxy groups -OCH3 is 1. The lowest BCUT2D eigenvalue weighted by atomic mass is 10.00. The number of nitrogens with one attached hydrogen (secondary N) is 1. The van der Waals surface area contributed by atoms with Gasteiger partial charge < -0.3 is 15.2 Å². The molecule has 0 saturated carbocycles. The fourth-order valence-corrected chi connectivity index (χ4v) is 5.58. The summed E-state index contributed by atoms with van der Waals surface area (Å²) in [5.74, 6) is -1.33. The van der Waals surface area contributed by atoms with Crippen molar-refractivity contribution in [3.63, 3.8) is 0 Å². The number of benzene rings is 2. The standard InChI is InChI=1S/C30H27Cl2N5O5/c1-36-29(39)22(11-13-33-36)27(38)34-24-8-4-6-20(26(24)32)19-5-3-7-21(25(19)31)23-10-9-17(28(35-23)42-2)15-37-14-12-18(16-37)30(40)41/h3-11,13,18H,12,14-16H2,1-2H3,(H,34,38)(H,40,41). The van der Waals surface area contributed by atoms with E-state index in [1.165, 1.54) is 19.3 Å². The predicted octanol–water partition coefficient (Wildman–Crippen LogP) is 4.98. The molecule has 3 heterocycles. The minimum absolute atomic E-state index is 0.0658. The smallest absolute Gasteiger partial charge is 0.307 e. The third-order valence-corrected chi connectivity index (χ3v) is 8.02. The average molecular weight is 608 g/mol. The van der Waals surface area contributed by atoms with E-state index in [1.807, 2.05) is 30.3 Å². The van der Waals surface area contributed by atoms with Crippen LogP contribution in [0.25, 0.3) is 22.4 Å². The van der Waals surface area contributed by atoms with E-state index in [-0.39, 0.29) is 16.5 Å². The van der Waals surface area contributed by atoms with Crippen LogP contribution < -0.4 is 15.6 Å². The van der Waals surface area contributed by atoms with Crippen molar-refractivity contribution in [2.75, 3.05) is 25.5 Å². The molecular weight excluding hydrogens is 581 g/mol. The normalized spacial score (nSPS) is 15.0.